The average molecular weight is 475 g/mol. The van der Waals surface area contributed by atoms with Crippen molar-refractivity contribution in [2.75, 3.05) is 49.9 Å². The summed E-state index contributed by atoms with van der Waals surface area (Å²) in [5.41, 5.74) is 3.97. The third kappa shape index (κ3) is 6.32. The largest absolute Gasteiger partial charge is 0.377 e. The van der Waals surface area contributed by atoms with Crippen molar-refractivity contribution < 1.29 is 5.11 Å². The Kier molecular flexibility index (Phi) is 7.48. The maximum atomic E-state index is 10.5. The topological polar surface area (TPSA) is 101 Å². The van der Waals surface area contributed by atoms with Gasteiger partial charge in [0.25, 0.3) is 0 Å². The van der Waals surface area contributed by atoms with Crippen molar-refractivity contribution in [3.8, 4) is 11.3 Å². The van der Waals surface area contributed by atoms with Gasteiger partial charge < -0.3 is 15.7 Å². The van der Waals surface area contributed by atoms with Gasteiger partial charge in [-0.15, -0.1) is 0 Å². The summed E-state index contributed by atoms with van der Waals surface area (Å²) < 4.78 is 0. The predicted molar refractivity (Wildman–Crippen MR) is 138 cm³/mol. The van der Waals surface area contributed by atoms with E-state index < -0.39 is 6.23 Å². The van der Waals surface area contributed by atoms with Crippen molar-refractivity contribution in [3.05, 3.63) is 60.4 Å². The number of benzene rings is 1. The highest BCUT2D eigenvalue weighted by molar-refractivity contribution is 5.62. The van der Waals surface area contributed by atoms with Crippen LogP contribution in [0.25, 0.3) is 11.3 Å². The standard InChI is InChI=1S/C26H34N8O/c1-19-16-33-12-13-34(19)18-25(35)28-10-3-9-27-24-7-6-21(15-30-24)23-8-11-29-26(32-23)31-22-5-2-4-20(14-22)17-33/h2,4-8,11,14-15,19,25,28,35H,3,9-10,12-13,16-18H2,1H3,(H,27,30)(H,29,31,32). The van der Waals surface area contributed by atoms with Gasteiger partial charge in [-0.1, -0.05) is 12.1 Å². The maximum Gasteiger partial charge on any atom is 0.227 e. The molecule has 5 aliphatic heterocycles. The number of anilines is 3. The van der Waals surface area contributed by atoms with Gasteiger partial charge in [0.05, 0.1) is 5.69 Å². The highest BCUT2D eigenvalue weighted by Crippen LogP contribution is 2.21. The van der Waals surface area contributed by atoms with Crippen LogP contribution in [0.2, 0.25) is 0 Å². The first-order valence-electron chi connectivity index (χ1n) is 12.4. The Morgan fingerprint density at radius 1 is 1.03 bits per heavy atom. The normalized spacial score (nSPS) is 25.4. The molecule has 184 valence electrons. The van der Waals surface area contributed by atoms with E-state index in [9.17, 15) is 5.11 Å². The molecular formula is C26H34N8O. The first-order valence-corrected chi connectivity index (χ1v) is 12.4. The maximum absolute atomic E-state index is 10.5. The van der Waals surface area contributed by atoms with E-state index in [0.29, 0.717) is 18.5 Å². The Morgan fingerprint density at radius 2 is 1.97 bits per heavy atom. The quantitative estimate of drug-likeness (QED) is 0.391. The molecule has 3 aromatic rings. The van der Waals surface area contributed by atoms with Crippen molar-refractivity contribution in [2.45, 2.75) is 32.2 Å². The molecule has 9 heteroatoms. The second-order valence-electron chi connectivity index (χ2n) is 9.35. The highest BCUT2D eigenvalue weighted by Gasteiger charge is 2.25. The monoisotopic (exact) mass is 474 g/mol. The molecule has 9 nitrogen and oxygen atoms in total. The van der Waals surface area contributed by atoms with Crippen molar-refractivity contribution in [1.82, 2.24) is 30.1 Å². The molecule has 0 amide bonds. The molecule has 7 heterocycles. The number of piperazine rings is 1. The Hall–Kier alpha value is -3.11. The molecule has 5 aliphatic rings. The Morgan fingerprint density at radius 3 is 2.83 bits per heavy atom. The molecule has 8 rings (SSSR count). The van der Waals surface area contributed by atoms with Crippen molar-refractivity contribution in [2.24, 2.45) is 0 Å². The third-order valence-corrected chi connectivity index (χ3v) is 6.60. The van der Waals surface area contributed by atoms with E-state index in [2.05, 4.69) is 60.8 Å². The van der Waals surface area contributed by atoms with Gasteiger partial charge >= 0.3 is 0 Å². The van der Waals surface area contributed by atoms with Crippen LogP contribution in [0.15, 0.2) is 54.9 Å². The van der Waals surface area contributed by atoms with Crippen LogP contribution in [0.3, 0.4) is 0 Å². The highest BCUT2D eigenvalue weighted by atomic mass is 16.3. The molecule has 0 radical (unpaired) electrons. The number of aromatic nitrogens is 3. The molecule has 8 bridgehead atoms. The van der Waals surface area contributed by atoms with Crippen LogP contribution in [0.1, 0.15) is 18.9 Å². The summed E-state index contributed by atoms with van der Waals surface area (Å²) in [6.45, 7) is 8.20. The first kappa shape index (κ1) is 23.6. The minimum absolute atomic E-state index is 0.384. The summed E-state index contributed by atoms with van der Waals surface area (Å²) in [4.78, 5) is 18.5. The molecular weight excluding hydrogens is 440 g/mol. The smallest absolute Gasteiger partial charge is 0.227 e. The van der Waals surface area contributed by atoms with E-state index in [0.717, 1.165) is 68.5 Å². The van der Waals surface area contributed by atoms with Crippen LogP contribution in [-0.2, 0) is 6.54 Å². The van der Waals surface area contributed by atoms with Crippen molar-refractivity contribution in [1.29, 1.82) is 0 Å². The van der Waals surface area contributed by atoms with Gasteiger partial charge in [0, 0.05) is 69.0 Å². The van der Waals surface area contributed by atoms with Crippen LogP contribution >= 0.6 is 0 Å². The van der Waals surface area contributed by atoms with Gasteiger partial charge in [-0.05, 0) is 55.8 Å². The zero-order valence-corrected chi connectivity index (χ0v) is 20.2. The minimum atomic E-state index is -0.526. The second-order valence-corrected chi connectivity index (χ2v) is 9.35. The van der Waals surface area contributed by atoms with Gasteiger partial charge in [-0.25, -0.2) is 15.0 Å². The lowest BCUT2D eigenvalue weighted by Crippen LogP contribution is -2.55. The van der Waals surface area contributed by atoms with E-state index in [1.807, 2.05) is 30.5 Å². The number of pyridine rings is 1. The van der Waals surface area contributed by atoms with Gasteiger partial charge in [-0.3, -0.25) is 15.1 Å². The molecule has 4 unspecified atom stereocenters. The fourth-order valence-corrected chi connectivity index (χ4v) is 4.71. The SMILES string of the molecule is CC1CN2CCN1CC(O)NCCCNc1ccc(cn1)-c1ccnc(n1)Nc1cccc(c1)C2. The first-order chi connectivity index (χ1) is 17.1. The zero-order chi connectivity index (χ0) is 24.0. The van der Waals surface area contributed by atoms with E-state index in [1.165, 1.54) is 5.56 Å². The number of hydrogen-bond acceptors (Lipinski definition) is 9. The molecule has 0 spiro atoms. The lowest BCUT2D eigenvalue weighted by Gasteiger charge is -2.40. The van der Waals surface area contributed by atoms with Crippen LogP contribution in [0.4, 0.5) is 17.5 Å². The van der Waals surface area contributed by atoms with E-state index in [1.54, 1.807) is 6.20 Å². The van der Waals surface area contributed by atoms with E-state index in [-0.39, 0.29) is 0 Å². The third-order valence-electron chi connectivity index (χ3n) is 6.60. The fourth-order valence-electron chi connectivity index (χ4n) is 4.71. The lowest BCUT2D eigenvalue weighted by atomic mass is 10.1. The van der Waals surface area contributed by atoms with Gasteiger partial charge in [0.2, 0.25) is 5.95 Å². The Labute approximate surface area is 206 Å². The molecule has 2 aromatic heterocycles. The number of aliphatic hydroxyl groups is 1. The average Bonchev–Trinajstić information content (AvgIpc) is 2.86. The van der Waals surface area contributed by atoms with Crippen LogP contribution in [0.5, 0.6) is 0 Å². The predicted octanol–water partition coefficient (Wildman–Crippen LogP) is 2.51. The minimum Gasteiger partial charge on any atom is -0.377 e. The summed E-state index contributed by atoms with van der Waals surface area (Å²) in [6, 6.07) is 14.7. The summed E-state index contributed by atoms with van der Waals surface area (Å²) in [5, 5.41) is 20.5. The Balaban J connectivity index is 1.36. The van der Waals surface area contributed by atoms with Crippen LogP contribution in [-0.4, -0.2) is 81.4 Å². The van der Waals surface area contributed by atoms with Crippen molar-refractivity contribution >= 4 is 17.5 Å². The van der Waals surface area contributed by atoms with Gasteiger partial charge in [0.15, 0.2) is 0 Å². The molecule has 0 aliphatic carbocycles. The van der Waals surface area contributed by atoms with Gasteiger partial charge in [0.1, 0.15) is 12.0 Å². The number of aliphatic hydroxyl groups excluding tert-OH is 1. The van der Waals surface area contributed by atoms with E-state index in [4.69, 9.17) is 4.98 Å². The fraction of sp³-hybridized carbons (Fsp3) is 0.423. The molecule has 4 atom stereocenters. The lowest BCUT2D eigenvalue weighted by molar-refractivity contribution is 0.0250. The number of hydrogen-bond donors (Lipinski definition) is 4. The van der Waals surface area contributed by atoms with E-state index >= 15 is 0 Å². The van der Waals surface area contributed by atoms with Crippen LogP contribution < -0.4 is 16.0 Å². The van der Waals surface area contributed by atoms with Crippen LogP contribution in [0, 0.1) is 0 Å². The summed E-state index contributed by atoms with van der Waals surface area (Å²) >= 11 is 0. The number of nitrogens with one attached hydrogen (secondary N) is 3. The Bertz CT molecular complexity index is 1110. The molecule has 4 N–H and O–H groups in total. The molecule has 0 saturated carbocycles. The molecule has 1 fully saturated rings. The summed E-state index contributed by atoms with van der Waals surface area (Å²) in [7, 11) is 0. The molecule has 35 heavy (non-hydrogen) atoms. The van der Waals surface area contributed by atoms with Gasteiger partial charge in [-0.2, -0.15) is 0 Å². The second kappa shape index (κ2) is 11.1. The number of rotatable bonds is 0. The zero-order valence-electron chi connectivity index (χ0n) is 20.2. The molecule has 1 saturated heterocycles. The number of nitrogens with zero attached hydrogens (tertiary/aromatic N) is 5. The summed E-state index contributed by atoms with van der Waals surface area (Å²) in [5.74, 6) is 1.39. The summed E-state index contributed by atoms with van der Waals surface area (Å²) in [6.07, 6.45) is 3.96. The van der Waals surface area contributed by atoms with Crippen molar-refractivity contribution in [3.63, 3.8) is 0 Å². The molecule has 1 aromatic carbocycles.